The van der Waals surface area contributed by atoms with Gasteiger partial charge >= 0.3 is 0 Å². The third kappa shape index (κ3) is 4.10. The maximum atomic E-state index is 13.1. The summed E-state index contributed by atoms with van der Waals surface area (Å²) in [6, 6.07) is 6.30. The molecular formula is C21H19FN6O2S. The van der Waals surface area contributed by atoms with Gasteiger partial charge in [0.2, 0.25) is 0 Å². The molecule has 0 saturated carbocycles. The normalized spacial score (nSPS) is 10.8. The molecule has 4 aromatic heterocycles. The Balaban J connectivity index is 1.75. The third-order valence-electron chi connectivity index (χ3n) is 4.67. The fourth-order valence-corrected chi connectivity index (χ4v) is 3.97. The molecule has 0 atom stereocenters. The summed E-state index contributed by atoms with van der Waals surface area (Å²) in [6.07, 6.45) is 4.29. The maximum Gasteiger partial charge on any atom is 0.261 e. The first kappa shape index (κ1) is 20.5. The number of aryl methyl sites for hydroxylation is 1. The van der Waals surface area contributed by atoms with Crippen LogP contribution in [-0.4, -0.2) is 27.5 Å². The smallest absolute Gasteiger partial charge is 0.261 e. The Morgan fingerprint density at radius 3 is 2.65 bits per heavy atom. The topological polar surface area (TPSA) is 101 Å². The third-order valence-corrected chi connectivity index (χ3v) is 5.62. The number of fused-ring (bicyclic) bond motifs is 1. The van der Waals surface area contributed by atoms with Crippen LogP contribution in [-0.2, 0) is 6.54 Å². The van der Waals surface area contributed by atoms with Crippen molar-refractivity contribution in [1.29, 1.82) is 0 Å². The fraction of sp³-hybridized carbons (Fsp3) is 0.143. The van der Waals surface area contributed by atoms with Gasteiger partial charge in [-0.25, -0.2) is 14.4 Å². The van der Waals surface area contributed by atoms with Gasteiger partial charge in [-0.2, -0.15) is 0 Å². The average molecular weight is 438 g/mol. The molecule has 0 spiro atoms. The van der Waals surface area contributed by atoms with Crippen LogP contribution < -0.4 is 21.5 Å². The van der Waals surface area contributed by atoms with Crippen molar-refractivity contribution in [3.05, 3.63) is 70.0 Å². The van der Waals surface area contributed by atoms with Crippen molar-refractivity contribution in [3.8, 4) is 0 Å². The second-order valence-electron chi connectivity index (χ2n) is 6.60. The number of aromatic nitrogens is 3. The molecule has 4 heterocycles. The minimum absolute atomic E-state index is 0.104. The SMILES string of the molecule is CCn1ccc2scc(Nc3cc(Nc4ccc(F)cn4)ncc3C(=O)NC)c2c1=O. The zero-order valence-corrected chi connectivity index (χ0v) is 17.6. The van der Waals surface area contributed by atoms with Crippen molar-refractivity contribution in [1.82, 2.24) is 19.9 Å². The number of thiophene rings is 1. The molecule has 4 aromatic rings. The number of nitrogens with zero attached hydrogens (tertiary/aromatic N) is 3. The predicted octanol–water partition coefficient (Wildman–Crippen LogP) is 3.86. The van der Waals surface area contributed by atoms with E-state index in [1.165, 1.54) is 36.7 Å². The molecule has 158 valence electrons. The molecule has 8 nitrogen and oxygen atoms in total. The second kappa shape index (κ2) is 8.52. The van der Waals surface area contributed by atoms with E-state index in [9.17, 15) is 14.0 Å². The first-order valence-electron chi connectivity index (χ1n) is 9.48. The van der Waals surface area contributed by atoms with Gasteiger partial charge in [-0.05, 0) is 25.1 Å². The zero-order valence-electron chi connectivity index (χ0n) is 16.8. The molecule has 0 aromatic carbocycles. The maximum absolute atomic E-state index is 13.1. The number of carbonyl (C=O) groups is 1. The van der Waals surface area contributed by atoms with Crippen molar-refractivity contribution in [2.45, 2.75) is 13.5 Å². The number of pyridine rings is 3. The standard InChI is InChI=1S/C21H19FN6O2S/c1-3-28-7-6-16-19(21(28)30)15(11-31-16)26-14-8-18(25-10-13(14)20(29)23-2)27-17-5-4-12(22)9-24-17/h4-11H,3H2,1-2H3,(H,23,29)(H2,24,25,26,27). The molecule has 1 amide bonds. The summed E-state index contributed by atoms with van der Waals surface area (Å²) in [5.41, 5.74) is 1.28. The predicted molar refractivity (Wildman–Crippen MR) is 120 cm³/mol. The molecule has 0 aliphatic heterocycles. The molecule has 3 N–H and O–H groups in total. The first-order valence-corrected chi connectivity index (χ1v) is 10.4. The quantitative estimate of drug-likeness (QED) is 0.423. The van der Waals surface area contributed by atoms with E-state index in [0.717, 1.165) is 10.9 Å². The average Bonchev–Trinajstić information content (AvgIpc) is 3.19. The number of nitrogens with one attached hydrogen (secondary N) is 3. The van der Waals surface area contributed by atoms with Crippen molar-refractivity contribution in [3.63, 3.8) is 0 Å². The van der Waals surface area contributed by atoms with E-state index in [-0.39, 0.29) is 11.5 Å². The molecular weight excluding hydrogens is 419 g/mol. The lowest BCUT2D eigenvalue weighted by atomic mass is 10.2. The van der Waals surface area contributed by atoms with Gasteiger partial charge < -0.3 is 20.5 Å². The Morgan fingerprint density at radius 1 is 1.13 bits per heavy atom. The van der Waals surface area contributed by atoms with Crippen LogP contribution >= 0.6 is 11.3 Å². The summed E-state index contributed by atoms with van der Waals surface area (Å²) >= 11 is 1.44. The highest BCUT2D eigenvalue weighted by Gasteiger charge is 2.16. The summed E-state index contributed by atoms with van der Waals surface area (Å²) in [6.45, 7) is 2.46. The summed E-state index contributed by atoms with van der Waals surface area (Å²) in [5.74, 6) is 0.0315. The number of anilines is 4. The van der Waals surface area contributed by atoms with Crippen LogP contribution in [0.1, 0.15) is 17.3 Å². The van der Waals surface area contributed by atoms with Crippen LogP contribution in [0.3, 0.4) is 0 Å². The monoisotopic (exact) mass is 438 g/mol. The van der Waals surface area contributed by atoms with Gasteiger partial charge in [-0.1, -0.05) is 0 Å². The Bertz CT molecular complexity index is 1320. The Kier molecular flexibility index (Phi) is 5.63. The van der Waals surface area contributed by atoms with E-state index in [1.807, 2.05) is 18.4 Å². The van der Waals surface area contributed by atoms with E-state index in [4.69, 9.17) is 0 Å². The molecule has 10 heteroatoms. The van der Waals surface area contributed by atoms with Crippen LogP contribution in [0.4, 0.5) is 27.4 Å². The summed E-state index contributed by atoms with van der Waals surface area (Å²) in [7, 11) is 1.53. The van der Waals surface area contributed by atoms with Crippen LogP contribution in [0.5, 0.6) is 0 Å². The fourth-order valence-electron chi connectivity index (χ4n) is 3.09. The summed E-state index contributed by atoms with van der Waals surface area (Å²) < 4.78 is 15.6. The van der Waals surface area contributed by atoms with Gasteiger partial charge in [0.15, 0.2) is 0 Å². The van der Waals surface area contributed by atoms with Crippen molar-refractivity contribution in [2.75, 3.05) is 17.7 Å². The molecule has 0 unspecified atom stereocenters. The van der Waals surface area contributed by atoms with E-state index < -0.39 is 5.82 Å². The van der Waals surface area contributed by atoms with Gasteiger partial charge in [0.1, 0.15) is 17.5 Å². The molecule has 31 heavy (non-hydrogen) atoms. The van der Waals surface area contributed by atoms with Crippen molar-refractivity contribution in [2.24, 2.45) is 0 Å². The Labute approximate surface area is 180 Å². The Hall–Kier alpha value is -3.79. The van der Waals surface area contributed by atoms with Crippen molar-refractivity contribution < 1.29 is 9.18 Å². The van der Waals surface area contributed by atoms with E-state index in [1.54, 1.807) is 16.8 Å². The molecule has 0 radical (unpaired) electrons. The minimum atomic E-state index is -0.446. The highest BCUT2D eigenvalue weighted by Crippen LogP contribution is 2.32. The number of hydrogen-bond donors (Lipinski definition) is 3. The molecule has 0 aliphatic rings. The molecule has 4 rings (SSSR count). The van der Waals surface area contributed by atoms with E-state index >= 15 is 0 Å². The van der Waals surface area contributed by atoms with Gasteiger partial charge in [0.05, 0.1) is 28.5 Å². The first-order chi connectivity index (χ1) is 15.0. The lowest BCUT2D eigenvalue weighted by Crippen LogP contribution is -2.20. The van der Waals surface area contributed by atoms with Crippen LogP contribution in [0, 0.1) is 5.82 Å². The van der Waals surface area contributed by atoms with Gasteiger partial charge in [-0.15, -0.1) is 11.3 Å². The summed E-state index contributed by atoms with van der Waals surface area (Å²) in [5, 5.41) is 11.2. The Morgan fingerprint density at radius 2 is 1.94 bits per heavy atom. The van der Waals surface area contributed by atoms with Crippen LogP contribution in [0.2, 0.25) is 0 Å². The highest BCUT2D eigenvalue weighted by atomic mass is 32.1. The number of amides is 1. The second-order valence-corrected chi connectivity index (χ2v) is 7.51. The molecule has 0 saturated heterocycles. The number of rotatable bonds is 6. The van der Waals surface area contributed by atoms with E-state index in [0.29, 0.717) is 40.5 Å². The molecule has 0 fully saturated rings. The zero-order chi connectivity index (χ0) is 22.0. The van der Waals surface area contributed by atoms with Crippen molar-refractivity contribution >= 4 is 50.3 Å². The van der Waals surface area contributed by atoms with Gasteiger partial charge in [0, 0.05) is 42.1 Å². The number of hydrogen-bond acceptors (Lipinski definition) is 7. The highest BCUT2D eigenvalue weighted by molar-refractivity contribution is 7.17. The van der Waals surface area contributed by atoms with Gasteiger partial charge in [-0.3, -0.25) is 9.59 Å². The van der Waals surface area contributed by atoms with Gasteiger partial charge in [0.25, 0.3) is 11.5 Å². The molecule has 0 aliphatic carbocycles. The summed E-state index contributed by atoms with van der Waals surface area (Å²) in [4.78, 5) is 33.4. The van der Waals surface area contributed by atoms with Crippen LogP contribution in [0.25, 0.3) is 10.1 Å². The minimum Gasteiger partial charge on any atom is -0.355 e. The molecule has 0 bridgehead atoms. The lowest BCUT2D eigenvalue weighted by Gasteiger charge is -2.13. The number of halogens is 1. The van der Waals surface area contributed by atoms with Crippen LogP contribution in [0.15, 0.2) is 53.0 Å². The largest absolute Gasteiger partial charge is 0.355 e. The number of carbonyl (C=O) groups excluding carboxylic acids is 1. The lowest BCUT2D eigenvalue weighted by molar-refractivity contribution is 0.0963. The van der Waals surface area contributed by atoms with E-state index in [2.05, 4.69) is 25.9 Å².